The topological polar surface area (TPSA) is 89.3 Å². The van der Waals surface area contributed by atoms with Crippen LogP contribution in [0.1, 0.15) is 27.0 Å². The number of sulfone groups is 1. The number of carbonyl (C=O) groups excluding carboxylic acids is 1. The molecule has 1 aromatic heterocycles. The predicted octanol–water partition coefficient (Wildman–Crippen LogP) is 2.13. The van der Waals surface area contributed by atoms with E-state index in [1.807, 2.05) is 0 Å². The number of aryl methyl sites for hydroxylation is 1. The lowest BCUT2D eigenvalue weighted by molar-refractivity contribution is -0.0308. The van der Waals surface area contributed by atoms with E-state index in [4.69, 9.17) is 0 Å². The smallest absolute Gasteiger partial charge is 0.302 e. The molecule has 1 heterocycles. The number of rotatable bonds is 5. The van der Waals surface area contributed by atoms with Gasteiger partial charge in [0.1, 0.15) is 5.56 Å². The fourth-order valence-electron chi connectivity index (χ4n) is 2.51. The lowest BCUT2D eigenvalue weighted by Crippen LogP contribution is -2.22. The summed E-state index contributed by atoms with van der Waals surface area (Å²) in [6.07, 6.45) is 1.77. The van der Waals surface area contributed by atoms with Crippen molar-refractivity contribution in [3.05, 3.63) is 40.6 Å². The molecule has 0 aliphatic heterocycles. The minimum atomic E-state index is -4.18. The first-order valence-electron chi connectivity index (χ1n) is 6.95. The van der Waals surface area contributed by atoms with E-state index in [1.54, 1.807) is 0 Å². The van der Waals surface area contributed by atoms with Gasteiger partial charge in [-0.1, -0.05) is 12.1 Å². The number of nitrogens with zero attached hydrogens (tertiary/aromatic N) is 2. The van der Waals surface area contributed by atoms with Gasteiger partial charge < -0.3 is 5.11 Å². The highest BCUT2D eigenvalue weighted by Gasteiger charge is 2.38. The van der Waals surface area contributed by atoms with Gasteiger partial charge in [0, 0.05) is 24.4 Å². The standard InChI is InChI=1S/C15H15F3N2O4S/c1-8-9(12(21)10-6-19-20(2)14(10)22)4-5-11(15(17,18)7-16)13(8)25(3,23)24/h4-6,22H,7H2,1-3H3. The Labute approximate surface area is 141 Å². The molecule has 0 unspecified atom stereocenters. The van der Waals surface area contributed by atoms with Gasteiger partial charge in [-0.3, -0.25) is 4.79 Å². The highest BCUT2D eigenvalue weighted by molar-refractivity contribution is 7.90. The molecule has 0 bridgehead atoms. The molecule has 0 atom stereocenters. The molecule has 0 saturated carbocycles. The number of aromatic hydroxyl groups is 1. The third-order valence-corrected chi connectivity index (χ3v) is 5.00. The summed E-state index contributed by atoms with van der Waals surface area (Å²) in [5.74, 6) is -5.26. The SMILES string of the molecule is Cc1c(C(=O)c2cnn(C)c2O)ccc(C(F)(F)CF)c1S(C)(=O)=O. The van der Waals surface area contributed by atoms with Crippen LogP contribution < -0.4 is 0 Å². The van der Waals surface area contributed by atoms with Crippen LogP contribution in [0.4, 0.5) is 13.2 Å². The van der Waals surface area contributed by atoms with E-state index in [9.17, 15) is 31.5 Å². The van der Waals surface area contributed by atoms with E-state index in [-0.39, 0.29) is 16.7 Å². The highest BCUT2D eigenvalue weighted by Crippen LogP contribution is 2.37. The molecule has 10 heteroatoms. The molecule has 2 rings (SSSR count). The van der Waals surface area contributed by atoms with Crippen molar-refractivity contribution < 1.29 is 31.5 Å². The average Bonchev–Trinajstić information content (AvgIpc) is 2.84. The second-order valence-electron chi connectivity index (χ2n) is 5.56. The zero-order valence-electron chi connectivity index (χ0n) is 13.5. The highest BCUT2D eigenvalue weighted by atomic mass is 32.2. The van der Waals surface area contributed by atoms with E-state index in [2.05, 4.69) is 5.10 Å². The lowest BCUT2D eigenvalue weighted by atomic mass is 9.96. The van der Waals surface area contributed by atoms with Crippen LogP contribution in [0.5, 0.6) is 5.88 Å². The molecule has 6 nitrogen and oxygen atoms in total. The van der Waals surface area contributed by atoms with Crippen molar-refractivity contribution in [2.24, 2.45) is 7.05 Å². The first-order chi connectivity index (χ1) is 11.4. The Morgan fingerprint density at radius 3 is 2.36 bits per heavy atom. The van der Waals surface area contributed by atoms with Gasteiger partial charge in [0.25, 0.3) is 0 Å². The number of carbonyl (C=O) groups is 1. The first kappa shape index (κ1) is 19.0. The molecule has 0 aliphatic rings. The van der Waals surface area contributed by atoms with Crippen molar-refractivity contribution in [2.45, 2.75) is 17.7 Å². The molecule has 136 valence electrons. The molecule has 0 fully saturated rings. The maximum atomic E-state index is 13.8. The summed E-state index contributed by atoms with van der Waals surface area (Å²) in [6, 6.07) is 1.70. The van der Waals surface area contributed by atoms with Crippen molar-refractivity contribution in [3.63, 3.8) is 0 Å². The van der Waals surface area contributed by atoms with Crippen LogP contribution in [0.25, 0.3) is 0 Å². The van der Waals surface area contributed by atoms with E-state index >= 15 is 0 Å². The van der Waals surface area contributed by atoms with Gasteiger partial charge in [0.05, 0.1) is 11.1 Å². The number of hydrogen-bond donors (Lipinski definition) is 1. The van der Waals surface area contributed by atoms with Crippen LogP contribution in [-0.4, -0.2) is 42.0 Å². The normalized spacial score (nSPS) is 12.4. The summed E-state index contributed by atoms with van der Waals surface area (Å²) >= 11 is 0. The Kier molecular flexibility index (Phi) is 4.69. The minimum absolute atomic E-state index is 0.206. The van der Waals surface area contributed by atoms with Gasteiger partial charge in [0.15, 0.2) is 22.3 Å². The van der Waals surface area contributed by atoms with Gasteiger partial charge in [-0.2, -0.15) is 13.9 Å². The Balaban J connectivity index is 2.75. The second-order valence-corrected chi connectivity index (χ2v) is 7.51. The Hall–Kier alpha value is -2.36. The Bertz CT molecular complexity index is 952. The van der Waals surface area contributed by atoms with Crippen molar-refractivity contribution in [2.75, 3.05) is 12.9 Å². The molecule has 1 aromatic carbocycles. The number of hydrogen-bond acceptors (Lipinski definition) is 5. The molecule has 1 N–H and O–H groups in total. The third kappa shape index (κ3) is 3.26. The largest absolute Gasteiger partial charge is 0.493 e. The molecule has 0 radical (unpaired) electrons. The van der Waals surface area contributed by atoms with Gasteiger partial charge in [-0.15, -0.1) is 0 Å². The van der Waals surface area contributed by atoms with Gasteiger partial charge in [-0.05, 0) is 12.5 Å². The van der Waals surface area contributed by atoms with Crippen LogP contribution in [0, 0.1) is 6.92 Å². The van der Waals surface area contributed by atoms with Crippen molar-refractivity contribution in [1.82, 2.24) is 9.78 Å². The minimum Gasteiger partial charge on any atom is -0.493 e. The van der Waals surface area contributed by atoms with Gasteiger partial charge in [0.2, 0.25) is 5.88 Å². The summed E-state index contributed by atoms with van der Waals surface area (Å²) < 4.78 is 65.3. The maximum Gasteiger partial charge on any atom is 0.302 e. The first-order valence-corrected chi connectivity index (χ1v) is 8.84. The van der Waals surface area contributed by atoms with E-state index in [1.165, 1.54) is 14.0 Å². The molecule has 0 saturated heterocycles. The number of alkyl halides is 3. The molecular weight excluding hydrogens is 361 g/mol. The number of aromatic nitrogens is 2. The maximum absolute atomic E-state index is 13.8. The predicted molar refractivity (Wildman–Crippen MR) is 82.5 cm³/mol. The molecule has 0 amide bonds. The van der Waals surface area contributed by atoms with Crippen molar-refractivity contribution >= 4 is 15.6 Å². The van der Waals surface area contributed by atoms with Crippen LogP contribution in [0.15, 0.2) is 23.2 Å². The average molecular weight is 376 g/mol. The van der Waals surface area contributed by atoms with Crippen molar-refractivity contribution in [1.29, 1.82) is 0 Å². The monoisotopic (exact) mass is 376 g/mol. The number of halogens is 3. The third-order valence-electron chi connectivity index (χ3n) is 3.74. The molecule has 0 aliphatic carbocycles. The summed E-state index contributed by atoms with van der Waals surface area (Å²) in [5.41, 5.74) is -1.68. The van der Waals surface area contributed by atoms with Crippen LogP contribution in [0.3, 0.4) is 0 Å². The summed E-state index contributed by atoms with van der Waals surface area (Å²) in [6.45, 7) is -0.902. The summed E-state index contributed by atoms with van der Waals surface area (Å²) in [5, 5.41) is 13.5. The Morgan fingerprint density at radius 2 is 1.92 bits per heavy atom. The quantitative estimate of drug-likeness (QED) is 0.808. The molecule has 2 aromatic rings. The van der Waals surface area contributed by atoms with Crippen molar-refractivity contribution in [3.8, 4) is 5.88 Å². The molecular formula is C15H15F3N2O4S. The zero-order valence-corrected chi connectivity index (χ0v) is 14.4. The van der Waals surface area contributed by atoms with E-state index < -0.39 is 44.6 Å². The Morgan fingerprint density at radius 1 is 1.32 bits per heavy atom. The number of benzene rings is 1. The van der Waals surface area contributed by atoms with E-state index in [0.717, 1.165) is 16.9 Å². The number of ketones is 1. The second kappa shape index (κ2) is 6.17. The fraction of sp³-hybridized carbons (Fsp3) is 0.333. The van der Waals surface area contributed by atoms with Crippen LogP contribution >= 0.6 is 0 Å². The zero-order chi connectivity index (χ0) is 19.2. The lowest BCUT2D eigenvalue weighted by Gasteiger charge is -2.19. The fourth-order valence-corrected chi connectivity index (χ4v) is 3.79. The molecule has 25 heavy (non-hydrogen) atoms. The van der Waals surface area contributed by atoms with Crippen LogP contribution in [0.2, 0.25) is 0 Å². The van der Waals surface area contributed by atoms with Gasteiger partial charge in [-0.25, -0.2) is 17.5 Å². The van der Waals surface area contributed by atoms with E-state index in [0.29, 0.717) is 12.3 Å². The van der Waals surface area contributed by atoms with Crippen LogP contribution in [-0.2, 0) is 22.8 Å². The summed E-state index contributed by atoms with van der Waals surface area (Å²) in [7, 11) is -2.80. The summed E-state index contributed by atoms with van der Waals surface area (Å²) in [4.78, 5) is 11.7. The van der Waals surface area contributed by atoms with Gasteiger partial charge >= 0.3 is 5.92 Å². The molecule has 0 spiro atoms.